The van der Waals surface area contributed by atoms with Crippen LogP contribution in [0.5, 0.6) is 0 Å². The summed E-state index contributed by atoms with van der Waals surface area (Å²) in [6, 6.07) is 11.1. The van der Waals surface area contributed by atoms with E-state index in [9.17, 15) is 26.2 Å². The summed E-state index contributed by atoms with van der Waals surface area (Å²) < 4.78 is 85.8. The van der Waals surface area contributed by atoms with Gasteiger partial charge in [-0.2, -0.15) is 13.2 Å². The minimum absolute atomic E-state index is 0.0307. The van der Waals surface area contributed by atoms with Crippen molar-refractivity contribution in [2.75, 3.05) is 4.72 Å². The highest BCUT2D eigenvalue weighted by Gasteiger charge is 2.31. The van der Waals surface area contributed by atoms with Crippen molar-refractivity contribution in [2.24, 2.45) is 7.05 Å². The standard InChI is InChI=1S/C23H18ClF5N4OS/c1-13-5-3-8-19(21(13)24)35(34)31-18-11-15(23(27,28)29)10-9-14(18)12-33-22(30-32(33)2)20-16(25)6-4-7-17(20)26/h3-11,31H,12H2,1-2H3. The second kappa shape index (κ2) is 9.46. The molecule has 4 rings (SSSR count). The lowest BCUT2D eigenvalue weighted by Crippen LogP contribution is -2.28. The molecule has 0 amide bonds. The number of nitrogens with one attached hydrogen (secondary N) is 1. The molecule has 0 spiro atoms. The SMILES string of the molecule is Cc1cccc(S(=O)Nc2cc(C(F)(F)F)ccc2Cn2c(-c3c(F)cccc3F)nn2C)c1Cl. The average Bonchev–Trinajstić information content (AvgIpc) is 2.78. The fourth-order valence-corrected chi connectivity index (χ4v) is 4.84. The van der Waals surface area contributed by atoms with Gasteiger partial charge in [0.05, 0.1) is 33.3 Å². The highest BCUT2D eigenvalue weighted by molar-refractivity contribution is 7.86. The molecule has 1 heterocycles. The van der Waals surface area contributed by atoms with E-state index in [1.54, 1.807) is 19.1 Å². The number of hydrogen-bond donors (Lipinski definition) is 1. The summed E-state index contributed by atoms with van der Waals surface area (Å²) in [5.74, 6) is -1.69. The van der Waals surface area contributed by atoms with Crippen LogP contribution in [0, 0.1) is 18.6 Å². The fourth-order valence-electron chi connectivity index (χ4n) is 3.48. The van der Waals surface area contributed by atoms with Crippen molar-refractivity contribution in [1.82, 2.24) is 14.6 Å². The van der Waals surface area contributed by atoms with Crippen molar-refractivity contribution < 1.29 is 26.2 Å². The van der Waals surface area contributed by atoms with Crippen LogP contribution in [-0.2, 0) is 30.8 Å². The number of rotatable bonds is 6. The van der Waals surface area contributed by atoms with E-state index in [2.05, 4.69) is 9.82 Å². The highest BCUT2D eigenvalue weighted by atomic mass is 35.5. The largest absolute Gasteiger partial charge is 0.416 e. The lowest BCUT2D eigenvalue weighted by Gasteiger charge is -2.24. The molecule has 1 unspecified atom stereocenters. The van der Waals surface area contributed by atoms with Gasteiger partial charge in [0.25, 0.3) is 0 Å². The molecule has 184 valence electrons. The van der Waals surface area contributed by atoms with Crippen LogP contribution in [0.1, 0.15) is 16.7 Å². The van der Waals surface area contributed by atoms with Gasteiger partial charge in [-0.1, -0.05) is 35.9 Å². The maximum absolute atomic E-state index is 14.3. The van der Waals surface area contributed by atoms with Crippen molar-refractivity contribution >= 4 is 28.3 Å². The summed E-state index contributed by atoms with van der Waals surface area (Å²) in [5.41, 5.74) is -0.460. The summed E-state index contributed by atoms with van der Waals surface area (Å²) in [6.07, 6.45) is -4.64. The van der Waals surface area contributed by atoms with Gasteiger partial charge in [0.15, 0.2) is 16.8 Å². The molecule has 0 aliphatic rings. The lowest BCUT2D eigenvalue weighted by molar-refractivity contribution is -0.137. The van der Waals surface area contributed by atoms with Gasteiger partial charge in [-0.15, -0.1) is 5.10 Å². The Hall–Kier alpha value is -3.18. The second-order valence-corrected chi connectivity index (χ2v) is 9.25. The summed E-state index contributed by atoms with van der Waals surface area (Å²) in [6.45, 7) is 1.60. The van der Waals surface area contributed by atoms with Crippen LogP contribution in [-0.4, -0.2) is 18.8 Å². The van der Waals surface area contributed by atoms with Crippen LogP contribution < -0.4 is 4.72 Å². The van der Waals surface area contributed by atoms with Crippen molar-refractivity contribution in [1.29, 1.82) is 0 Å². The Morgan fingerprint density at radius 2 is 1.71 bits per heavy atom. The third-order valence-corrected chi connectivity index (χ3v) is 7.09. The third-order valence-electron chi connectivity index (χ3n) is 5.34. The van der Waals surface area contributed by atoms with E-state index in [4.69, 9.17) is 11.6 Å². The van der Waals surface area contributed by atoms with Gasteiger partial charge < -0.3 is 4.72 Å². The summed E-state index contributed by atoms with van der Waals surface area (Å²) in [7, 11) is -0.475. The Bertz CT molecular complexity index is 1410. The van der Waals surface area contributed by atoms with E-state index in [-0.39, 0.29) is 39.1 Å². The molecule has 1 N–H and O–H groups in total. The highest BCUT2D eigenvalue weighted by Crippen LogP contribution is 2.34. The molecule has 5 nitrogen and oxygen atoms in total. The molecule has 3 aromatic carbocycles. The Balaban J connectivity index is 1.74. The molecule has 0 aliphatic carbocycles. The molecule has 0 saturated carbocycles. The number of aromatic nitrogens is 3. The van der Waals surface area contributed by atoms with Gasteiger partial charge in [-0.25, -0.2) is 22.5 Å². The monoisotopic (exact) mass is 528 g/mol. The van der Waals surface area contributed by atoms with Crippen LogP contribution in [0.15, 0.2) is 59.5 Å². The molecule has 0 bridgehead atoms. The summed E-state index contributed by atoms with van der Waals surface area (Å²) >= 11 is 6.23. The zero-order valence-electron chi connectivity index (χ0n) is 18.3. The molecule has 0 fully saturated rings. The summed E-state index contributed by atoms with van der Waals surface area (Å²) in [4.78, 5) is 1.50. The number of hydrogen-bond acceptors (Lipinski definition) is 2. The first-order valence-corrected chi connectivity index (χ1v) is 11.7. The maximum atomic E-state index is 14.3. The number of nitrogens with zero attached hydrogens (tertiary/aromatic N) is 3. The van der Waals surface area contributed by atoms with Crippen LogP contribution >= 0.6 is 11.6 Å². The molecular formula is C23H18ClF5N4OS. The Kier molecular flexibility index (Phi) is 6.74. The third kappa shape index (κ3) is 4.96. The van der Waals surface area contributed by atoms with Crippen LogP contribution in [0.2, 0.25) is 5.02 Å². The van der Waals surface area contributed by atoms with Gasteiger partial charge in [-0.05, 0) is 48.4 Å². The van der Waals surface area contributed by atoms with Crippen LogP contribution in [0.4, 0.5) is 27.6 Å². The second-order valence-electron chi connectivity index (χ2n) is 7.69. The maximum Gasteiger partial charge on any atom is 0.416 e. The van der Waals surface area contributed by atoms with Gasteiger partial charge >= 0.3 is 6.18 Å². The Morgan fingerprint density at radius 1 is 1.06 bits per heavy atom. The fraction of sp³-hybridized carbons (Fsp3) is 0.174. The van der Waals surface area contributed by atoms with Crippen molar-refractivity contribution in [3.05, 3.63) is 87.9 Å². The predicted octanol–water partition coefficient (Wildman–Crippen LogP) is 6.33. The first-order chi connectivity index (χ1) is 16.5. The molecule has 0 aliphatic heterocycles. The normalized spacial score (nSPS) is 12.7. The number of anilines is 1. The molecular weight excluding hydrogens is 511 g/mol. The lowest BCUT2D eigenvalue weighted by atomic mass is 10.1. The van der Waals surface area contributed by atoms with E-state index >= 15 is 0 Å². The average molecular weight is 529 g/mol. The van der Waals surface area contributed by atoms with E-state index in [1.807, 2.05) is 0 Å². The first kappa shape index (κ1) is 24.9. The minimum Gasteiger partial charge on any atom is -0.301 e. The molecule has 0 radical (unpaired) electrons. The van der Waals surface area contributed by atoms with Crippen molar-refractivity contribution in [3.8, 4) is 11.4 Å². The van der Waals surface area contributed by atoms with Gasteiger partial charge in [0, 0.05) is 7.05 Å². The molecule has 1 atom stereocenters. The number of aryl methyl sites for hydroxylation is 2. The molecule has 0 saturated heterocycles. The minimum atomic E-state index is -4.64. The van der Waals surface area contributed by atoms with Crippen molar-refractivity contribution in [3.63, 3.8) is 0 Å². The van der Waals surface area contributed by atoms with E-state index in [0.29, 0.717) is 5.56 Å². The van der Waals surface area contributed by atoms with E-state index < -0.39 is 34.4 Å². The summed E-state index contributed by atoms with van der Waals surface area (Å²) in [5, 5.41) is 4.25. The van der Waals surface area contributed by atoms with Gasteiger partial charge in [0.1, 0.15) is 11.6 Å². The molecule has 1 aromatic heterocycles. The van der Waals surface area contributed by atoms with Crippen molar-refractivity contribution in [2.45, 2.75) is 24.5 Å². The van der Waals surface area contributed by atoms with Gasteiger partial charge in [-0.3, -0.25) is 0 Å². The van der Waals surface area contributed by atoms with E-state index in [1.165, 1.54) is 34.7 Å². The number of alkyl halides is 3. The molecule has 35 heavy (non-hydrogen) atoms. The zero-order valence-corrected chi connectivity index (χ0v) is 19.9. The quantitative estimate of drug-likeness (QED) is 0.297. The van der Waals surface area contributed by atoms with Crippen LogP contribution in [0.25, 0.3) is 11.4 Å². The molecule has 4 aromatic rings. The zero-order chi connectivity index (χ0) is 25.5. The van der Waals surface area contributed by atoms with Crippen LogP contribution in [0.3, 0.4) is 0 Å². The Morgan fingerprint density at radius 3 is 2.34 bits per heavy atom. The Labute approximate surface area is 204 Å². The smallest absolute Gasteiger partial charge is 0.301 e. The predicted molar refractivity (Wildman–Crippen MR) is 123 cm³/mol. The van der Waals surface area contributed by atoms with E-state index in [0.717, 1.165) is 24.3 Å². The number of benzene rings is 3. The number of halogens is 6. The first-order valence-electron chi connectivity index (χ1n) is 10.1. The van der Waals surface area contributed by atoms with Gasteiger partial charge in [0.2, 0.25) is 0 Å². The topological polar surface area (TPSA) is 51.9 Å². The molecule has 12 heteroatoms.